The second-order valence-corrected chi connectivity index (χ2v) is 3.27. The summed E-state index contributed by atoms with van der Waals surface area (Å²) in [5, 5.41) is 28.8. The number of carboxylic acid groups (broad SMARTS) is 1. The SMILES string of the molecule is CC(C)(O)CN[C@@H](CO)C(=O)O. The summed E-state index contributed by atoms with van der Waals surface area (Å²) < 4.78 is 0. The molecule has 0 fully saturated rings. The van der Waals surface area contributed by atoms with E-state index >= 15 is 0 Å². The second kappa shape index (κ2) is 4.39. The Labute approximate surface area is 71.0 Å². The molecule has 72 valence electrons. The molecule has 0 saturated heterocycles. The molecular formula is C7H15NO4. The summed E-state index contributed by atoms with van der Waals surface area (Å²) in [5.74, 6) is -1.12. The number of carbonyl (C=O) groups is 1. The van der Waals surface area contributed by atoms with Crippen LogP contribution < -0.4 is 5.32 Å². The minimum Gasteiger partial charge on any atom is -0.480 e. The fraction of sp³-hybridized carbons (Fsp3) is 0.857. The van der Waals surface area contributed by atoms with Crippen molar-refractivity contribution in [1.29, 1.82) is 0 Å². The Morgan fingerprint density at radius 3 is 2.33 bits per heavy atom. The lowest BCUT2D eigenvalue weighted by Crippen LogP contribution is -2.46. The average Bonchev–Trinajstić information content (AvgIpc) is 1.85. The zero-order chi connectivity index (χ0) is 9.78. The van der Waals surface area contributed by atoms with Gasteiger partial charge in [0.2, 0.25) is 0 Å². The number of aliphatic carboxylic acids is 1. The minimum atomic E-state index is -1.12. The Bertz CT molecular complexity index is 152. The van der Waals surface area contributed by atoms with Gasteiger partial charge in [0.25, 0.3) is 0 Å². The van der Waals surface area contributed by atoms with Crippen LogP contribution in [0.5, 0.6) is 0 Å². The van der Waals surface area contributed by atoms with Crippen LogP contribution in [0.3, 0.4) is 0 Å². The van der Waals surface area contributed by atoms with Crippen molar-refractivity contribution in [2.24, 2.45) is 0 Å². The Hall–Kier alpha value is -0.650. The van der Waals surface area contributed by atoms with E-state index in [9.17, 15) is 9.90 Å². The molecule has 0 aliphatic heterocycles. The number of carboxylic acids is 1. The molecule has 0 aliphatic carbocycles. The van der Waals surface area contributed by atoms with Crippen molar-refractivity contribution in [3.63, 3.8) is 0 Å². The normalized spacial score (nSPS) is 14.3. The number of hydrogen-bond acceptors (Lipinski definition) is 4. The average molecular weight is 177 g/mol. The fourth-order valence-electron chi connectivity index (χ4n) is 0.603. The molecule has 0 aliphatic rings. The lowest BCUT2D eigenvalue weighted by atomic mass is 10.1. The molecule has 0 unspecified atom stereocenters. The highest BCUT2D eigenvalue weighted by Gasteiger charge is 2.19. The Morgan fingerprint density at radius 1 is 1.58 bits per heavy atom. The van der Waals surface area contributed by atoms with Crippen molar-refractivity contribution in [2.75, 3.05) is 13.2 Å². The zero-order valence-electron chi connectivity index (χ0n) is 7.24. The highest BCUT2D eigenvalue weighted by atomic mass is 16.4. The molecule has 0 aromatic rings. The second-order valence-electron chi connectivity index (χ2n) is 3.27. The first-order valence-corrected chi connectivity index (χ1v) is 3.66. The topological polar surface area (TPSA) is 89.8 Å². The van der Waals surface area contributed by atoms with Crippen LogP contribution in [0, 0.1) is 0 Å². The van der Waals surface area contributed by atoms with Gasteiger partial charge in [0.15, 0.2) is 0 Å². The van der Waals surface area contributed by atoms with Gasteiger partial charge < -0.3 is 15.3 Å². The summed E-state index contributed by atoms with van der Waals surface area (Å²) in [5.41, 5.74) is -0.969. The highest BCUT2D eigenvalue weighted by molar-refractivity contribution is 5.73. The van der Waals surface area contributed by atoms with Gasteiger partial charge in [0.05, 0.1) is 12.2 Å². The number of rotatable bonds is 5. The Morgan fingerprint density at radius 2 is 2.08 bits per heavy atom. The van der Waals surface area contributed by atoms with Gasteiger partial charge in [0, 0.05) is 6.54 Å². The fourth-order valence-corrected chi connectivity index (χ4v) is 0.603. The zero-order valence-corrected chi connectivity index (χ0v) is 7.24. The standard InChI is InChI=1S/C7H15NO4/c1-7(2,12)4-8-5(3-9)6(10)11/h5,8-9,12H,3-4H2,1-2H3,(H,10,11)/t5-/m0/s1. The third kappa shape index (κ3) is 5.06. The first-order chi connectivity index (χ1) is 5.37. The maximum Gasteiger partial charge on any atom is 0.323 e. The van der Waals surface area contributed by atoms with E-state index in [1.165, 1.54) is 0 Å². The van der Waals surface area contributed by atoms with Crippen molar-refractivity contribution in [1.82, 2.24) is 5.32 Å². The third-order valence-electron chi connectivity index (χ3n) is 1.26. The maximum atomic E-state index is 10.3. The van der Waals surface area contributed by atoms with E-state index in [0.29, 0.717) is 0 Å². The van der Waals surface area contributed by atoms with Gasteiger partial charge in [-0.25, -0.2) is 0 Å². The summed E-state index contributed by atoms with van der Waals surface area (Å²) in [4.78, 5) is 10.3. The largest absolute Gasteiger partial charge is 0.480 e. The number of hydrogen-bond donors (Lipinski definition) is 4. The number of aliphatic hydroxyl groups excluding tert-OH is 1. The molecule has 5 nitrogen and oxygen atoms in total. The summed E-state index contributed by atoms with van der Waals surface area (Å²) in [7, 11) is 0. The van der Waals surface area contributed by atoms with Crippen LogP contribution in [0.4, 0.5) is 0 Å². The van der Waals surface area contributed by atoms with Crippen molar-refractivity contribution in [3.05, 3.63) is 0 Å². The van der Waals surface area contributed by atoms with Crippen molar-refractivity contribution in [3.8, 4) is 0 Å². The molecule has 0 amide bonds. The first kappa shape index (κ1) is 11.4. The highest BCUT2D eigenvalue weighted by Crippen LogP contribution is 1.98. The predicted molar refractivity (Wildman–Crippen MR) is 42.8 cm³/mol. The molecule has 0 heterocycles. The van der Waals surface area contributed by atoms with Gasteiger partial charge in [0.1, 0.15) is 6.04 Å². The van der Waals surface area contributed by atoms with E-state index in [-0.39, 0.29) is 6.54 Å². The minimum absolute atomic E-state index is 0.129. The van der Waals surface area contributed by atoms with E-state index in [1.807, 2.05) is 0 Å². The summed E-state index contributed by atoms with van der Waals surface area (Å²) in [6, 6.07) is -1.00. The maximum absolute atomic E-state index is 10.3. The Balaban J connectivity index is 3.81. The molecule has 0 bridgehead atoms. The van der Waals surface area contributed by atoms with Gasteiger partial charge in [-0.3, -0.25) is 10.1 Å². The van der Waals surface area contributed by atoms with Crippen LogP contribution in [0.25, 0.3) is 0 Å². The van der Waals surface area contributed by atoms with Crippen LogP contribution in [0.1, 0.15) is 13.8 Å². The number of nitrogens with one attached hydrogen (secondary N) is 1. The molecule has 0 aromatic heterocycles. The van der Waals surface area contributed by atoms with Gasteiger partial charge in [-0.1, -0.05) is 0 Å². The molecule has 0 rings (SSSR count). The monoisotopic (exact) mass is 177 g/mol. The molecule has 0 aromatic carbocycles. The van der Waals surface area contributed by atoms with E-state index in [0.717, 1.165) is 0 Å². The van der Waals surface area contributed by atoms with Crippen molar-refractivity contribution in [2.45, 2.75) is 25.5 Å². The summed E-state index contributed by atoms with van der Waals surface area (Å²) >= 11 is 0. The van der Waals surface area contributed by atoms with E-state index in [2.05, 4.69) is 5.32 Å². The lowest BCUT2D eigenvalue weighted by Gasteiger charge is -2.20. The van der Waals surface area contributed by atoms with Gasteiger partial charge in [-0.15, -0.1) is 0 Å². The van der Waals surface area contributed by atoms with Crippen LogP contribution in [0.2, 0.25) is 0 Å². The van der Waals surface area contributed by atoms with Gasteiger partial charge >= 0.3 is 5.97 Å². The van der Waals surface area contributed by atoms with Crippen molar-refractivity contribution >= 4 is 5.97 Å². The van der Waals surface area contributed by atoms with Gasteiger partial charge in [-0.2, -0.15) is 0 Å². The molecule has 5 heteroatoms. The quantitative estimate of drug-likeness (QED) is 0.423. The molecule has 1 atom stereocenters. The number of aliphatic hydroxyl groups is 2. The summed E-state index contributed by atoms with van der Waals surface area (Å²) in [6.45, 7) is 2.75. The third-order valence-corrected chi connectivity index (χ3v) is 1.26. The predicted octanol–water partition coefficient (Wildman–Crippen LogP) is -1.21. The first-order valence-electron chi connectivity index (χ1n) is 3.66. The van der Waals surface area contributed by atoms with Gasteiger partial charge in [-0.05, 0) is 13.8 Å². The Kier molecular flexibility index (Phi) is 4.16. The molecule has 4 N–H and O–H groups in total. The lowest BCUT2D eigenvalue weighted by molar-refractivity contribution is -0.140. The van der Waals surface area contributed by atoms with Crippen molar-refractivity contribution < 1.29 is 20.1 Å². The van der Waals surface area contributed by atoms with Crippen LogP contribution >= 0.6 is 0 Å². The van der Waals surface area contributed by atoms with E-state index in [1.54, 1.807) is 13.8 Å². The molecular weight excluding hydrogens is 162 g/mol. The van der Waals surface area contributed by atoms with E-state index in [4.69, 9.17) is 10.2 Å². The van der Waals surface area contributed by atoms with E-state index < -0.39 is 24.2 Å². The molecule has 0 spiro atoms. The van der Waals surface area contributed by atoms with Crippen LogP contribution in [0.15, 0.2) is 0 Å². The molecule has 12 heavy (non-hydrogen) atoms. The molecule has 0 saturated carbocycles. The van der Waals surface area contributed by atoms with Crippen LogP contribution in [-0.4, -0.2) is 46.1 Å². The molecule has 0 radical (unpaired) electrons. The smallest absolute Gasteiger partial charge is 0.323 e. The summed E-state index contributed by atoms with van der Waals surface area (Å²) in [6.07, 6.45) is 0. The van der Waals surface area contributed by atoms with Crippen LogP contribution in [-0.2, 0) is 4.79 Å².